The first-order valence-electron chi connectivity index (χ1n) is 6.47. The molecule has 1 rings (SSSR count). The minimum atomic E-state index is 0.0894. The Labute approximate surface area is 99.6 Å². The van der Waals surface area contributed by atoms with Crippen molar-refractivity contribution in [2.45, 2.75) is 58.9 Å². The molecule has 0 saturated heterocycles. The van der Waals surface area contributed by atoms with Gasteiger partial charge in [-0.25, -0.2) is 4.79 Å². The molecule has 1 aliphatic rings. The topological polar surface area (TPSA) is 32.3 Å². The highest BCUT2D eigenvalue weighted by atomic mass is 16.2. The molecule has 0 radical (unpaired) electrons. The predicted octanol–water partition coefficient (Wildman–Crippen LogP) is 3.01. The molecular formula is C13H26N2O. The van der Waals surface area contributed by atoms with Crippen LogP contribution in [0.1, 0.15) is 52.9 Å². The van der Waals surface area contributed by atoms with Gasteiger partial charge in [0.15, 0.2) is 0 Å². The monoisotopic (exact) mass is 226 g/mol. The first-order valence-corrected chi connectivity index (χ1v) is 6.47. The maximum Gasteiger partial charge on any atom is 0.317 e. The summed E-state index contributed by atoms with van der Waals surface area (Å²) in [5, 5.41) is 2.94. The standard InChI is InChI=1S/C13H26N2O/c1-5-10-14-12(16)15(4)11-6-8-13(2,3)9-7-11/h11H,5-10H2,1-4H3,(H,14,16). The lowest BCUT2D eigenvalue weighted by Crippen LogP contribution is -2.45. The lowest BCUT2D eigenvalue weighted by molar-refractivity contribution is 0.135. The second-order valence-electron chi connectivity index (χ2n) is 5.74. The molecule has 0 aromatic rings. The molecule has 3 nitrogen and oxygen atoms in total. The Bertz CT molecular complexity index is 228. The van der Waals surface area contributed by atoms with E-state index in [2.05, 4.69) is 26.1 Å². The Kier molecular flexibility index (Phi) is 4.63. The zero-order valence-corrected chi connectivity index (χ0v) is 11.2. The summed E-state index contributed by atoms with van der Waals surface area (Å²) in [5.74, 6) is 0. The van der Waals surface area contributed by atoms with Gasteiger partial charge in [0.2, 0.25) is 0 Å². The second kappa shape index (κ2) is 5.55. The molecule has 0 aromatic carbocycles. The molecule has 0 heterocycles. The van der Waals surface area contributed by atoms with E-state index in [0.717, 1.165) is 25.8 Å². The summed E-state index contributed by atoms with van der Waals surface area (Å²) in [5.41, 5.74) is 0.469. The van der Waals surface area contributed by atoms with Crippen LogP contribution in [0.15, 0.2) is 0 Å². The Morgan fingerprint density at radius 1 is 1.38 bits per heavy atom. The quantitative estimate of drug-likeness (QED) is 0.788. The number of amides is 2. The van der Waals surface area contributed by atoms with Gasteiger partial charge in [-0.15, -0.1) is 0 Å². The SMILES string of the molecule is CCCNC(=O)N(C)C1CCC(C)(C)CC1. The highest BCUT2D eigenvalue weighted by Gasteiger charge is 2.30. The van der Waals surface area contributed by atoms with Crippen molar-refractivity contribution in [3.05, 3.63) is 0 Å². The van der Waals surface area contributed by atoms with Crippen molar-refractivity contribution in [1.82, 2.24) is 10.2 Å². The number of nitrogens with one attached hydrogen (secondary N) is 1. The van der Waals surface area contributed by atoms with Crippen LogP contribution in [0.4, 0.5) is 4.79 Å². The van der Waals surface area contributed by atoms with E-state index in [1.165, 1.54) is 12.8 Å². The van der Waals surface area contributed by atoms with Gasteiger partial charge in [-0.3, -0.25) is 0 Å². The molecule has 0 atom stereocenters. The molecule has 94 valence electrons. The van der Waals surface area contributed by atoms with Crippen LogP contribution in [0.25, 0.3) is 0 Å². The minimum Gasteiger partial charge on any atom is -0.338 e. The Balaban J connectivity index is 2.38. The molecule has 0 spiro atoms. The number of hydrogen-bond acceptors (Lipinski definition) is 1. The summed E-state index contributed by atoms with van der Waals surface area (Å²) in [6, 6.07) is 0.524. The van der Waals surface area contributed by atoms with E-state index in [1.54, 1.807) is 0 Å². The summed E-state index contributed by atoms with van der Waals surface area (Å²) in [6.45, 7) is 7.49. The van der Waals surface area contributed by atoms with E-state index in [-0.39, 0.29) is 6.03 Å². The van der Waals surface area contributed by atoms with Crippen LogP contribution >= 0.6 is 0 Å². The molecule has 1 fully saturated rings. The van der Waals surface area contributed by atoms with Gasteiger partial charge in [0, 0.05) is 19.6 Å². The van der Waals surface area contributed by atoms with E-state index in [4.69, 9.17) is 0 Å². The van der Waals surface area contributed by atoms with Crippen LogP contribution in [-0.4, -0.2) is 30.6 Å². The average molecular weight is 226 g/mol. The largest absolute Gasteiger partial charge is 0.338 e. The summed E-state index contributed by atoms with van der Waals surface area (Å²) in [4.78, 5) is 13.7. The third-order valence-electron chi connectivity index (χ3n) is 3.70. The Morgan fingerprint density at radius 2 is 1.94 bits per heavy atom. The van der Waals surface area contributed by atoms with E-state index < -0.39 is 0 Å². The highest BCUT2D eigenvalue weighted by Crippen LogP contribution is 2.36. The molecule has 0 unspecified atom stereocenters. The van der Waals surface area contributed by atoms with Gasteiger partial charge in [0.25, 0.3) is 0 Å². The first-order chi connectivity index (χ1) is 7.46. The number of urea groups is 1. The fourth-order valence-electron chi connectivity index (χ4n) is 2.29. The zero-order valence-electron chi connectivity index (χ0n) is 11.2. The maximum absolute atomic E-state index is 11.8. The lowest BCUT2D eigenvalue weighted by atomic mass is 9.75. The fourth-order valence-corrected chi connectivity index (χ4v) is 2.29. The second-order valence-corrected chi connectivity index (χ2v) is 5.74. The molecule has 16 heavy (non-hydrogen) atoms. The van der Waals surface area contributed by atoms with Gasteiger partial charge in [0.1, 0.15) is 0 Å². The van der Waals surface area contributed by atoms with E-state index in [1.807, 2.05) is 11.9 Å². The smallest absolute Gasteiger partial charge is 0.317 e. The van der Waals surface area contributed by atoms with Crippen molar-refractivity contribution >= 4 is 6.03 Å². The molecule has 0 bridgehead atoms. The van der Waals surface area contributed by atoms with Gasteiger partial charge in [-0.05, 0) is 37.5 Å². The average Bonchev–Trinajstić information content (AvgIpc) is 2.25. The Hall–Kier alpha value is -0.730. The lowest BCUT2D eigenvalue weighted by Gasteiger charge is -2.38. The van der Waals surface area contributed by atoms with Gasteiger partial charge in [0.05, 0.1) is 0 Å². The maximum atomic E-state index is 11.8. The number of carbonyl (C=O) groups excluding carboxylic acids is 1. The van der Waals surface area contributed by atoms with Crippen LogP contribution in [0, 0.1) is 5.41 Å². The van der Waals surface area contributed by atoms with Gasteiger partial charge >= 0.3 is 6.03 Å². The fraction of sp³-hybridized carbons (Fsp3) is 0.923. The van der Waals surface area contributed by atoms with Crippen LogP contribution in [0.3, 0.4) is 0 Å². The predicted molar refractivity (Wildman–Crippen MR) is 67.5 cm³/mol. The summed E-state index contributed by atoms with van der Waals surface area (Å²) in [7, 11) is 1.92. The van der Waals surface area contributed by atoms with Crippen LogP contribution in [-0.2, 0) is 0 Å². The molecule has 1 N–H and O–H groups in total. The third kappa shape index (κ3) is 3.69. The summed E-state index contributed by atoms with van der Waals surface area (Å²) in [6.07, 6.45) is 5.73. The Morgan fingerprint density at radius 3 is 2.44 bits per heavy atom. The number of nitrogens with zero attached hydrogens (tertiary/aromatic N) is 1. The van der Waals surface area contributed by atoms with E-state index >= 15 is 0 Å². The van der Waals surface area contributed by atoms with Crippen molar-refractivity contribution in [3.63, 3.8) is 0 Å². The number of hydrogen-bond donors (Lipinski definition) is 1. The molecule has 0 aliphatic heterocycles. The van der Waals surface area contributed by atoms with Crippen LogP contribution in [0.2, 0.25) is 0 Å². The minimum absolute atomic E-state index is 0.0894. The molecule has 2 amide bonds. The zero-order chi connectivity index (χ0) is 12.2. The normalized spacial score (nSPS) is 20.5. The van der Waals surface area contributed by atoms with Gasteiger partial charge < -0.3 is 10.2 Å². The van der Waals surface area contributed by atoms with Gasteiger partial charge in [-0.2, -0.15) is 0 Å². The molecule has 1 saturated carbocycles. The van der Waals surface area contributed by atoms with E-state index in [0.29, 0.717) is 11.5 Å². The van der Waals surface area contributed by atoms with Crippen molar-refractivity contribution in [3.8, 4) is 0 Å². The van der Waals surface area contributed by atoms with Crippen molar-refractivity contribution in [2.24, 2.45) is 5.41 Å². The van der Waals surface area contributed by atoms with Crippen LogP contribution < -0.4 is 5.32 Å². The van der Waals surface area contributed by atoms with Crippen molar-refractivity contribution in [1.29, 1.82) is 0 Å². The first kappa shape index (κ1) is 13.3. The number of rotatable bonds is 3. The molecule has 0 aromatic heterocycles. The van der Waals surface area contributed by atoms with Gasteiger partial charge in [-0.1, -0.05) is 20.8 Å². The van der Waals surface area contributed by atoms with Crippen LogP contribution in [0.5, 0.6) is 0 Å². The summed E-state index contributed by atoms with van der Waals surface area (Å²) >= 11 is 0. The van der Waals surface area contributed by atoms with Crippen molar-refractivity contribution in [2.75, 3.05) is 13.6 Å². The van der Waals surface area contributed by atoms with E-state index in [9.17, 15) is 4.79 Å². The van der Waals surface area contributed by atoms with Crippen molar-refractivity contribution < 1.29 is 4.79 Å². The molecule has 1 aliphatic carbocycles. The molecular weight excluding hydrogens is 200 g/mol. The number of carbonyl (C=O) groups is 1. The molecule has 3 heteroatoms. The summed E-state index contributed by atoms with van der Waals surface area (Å²) < 4.78 is 0. The highest BCUT2D eigenvalue weighted by molar-refractivity contribution is 5.74. The third-order valence-corrected chi connectivity index (χ3v) is 3.70.